The molecule has 1 atom stereocenters. The van der Waals surface area contributed by atoms with Gasteiger partial charge in [-0.2, -0.15) is 0 Å². The molecule has 0 aliphatic carbocycles. The van der Waals surface area contributed by atoms with Gasteiger partial charge in [0.05, 0.1) is 0 Å². The van der Waals surface area contributed by atoms with Gasteiger partial charge in [-0.1, -0.05) is 19.1 Å². The number of hydrogen-bond acceptors (Lipinski definition) is 5. The van der Waals surface area contributed by atoms with Crippen LogP contribution in [0.2, 0.25) is 0 Å². The third kappa shape index (κ3) is 4.28. The van der Waals surface area contributed by atoms with Crippen molar-refractivity contribution in [3.63, 3.8) is 0 Å². The predicted octanol–water partition coefficient (Wildman–Crippen LogP) is 2.12. The molecule has 0 fully saturated rings. The summed E-state index contributed by atoms with van der Waals surface area (Å²) in [5, 5.41) is 9.27. The Bertz CT molecular complexity index is 451. The fraction of sp³-hybridized carbons (Fsp3) is 0.429. The maximum Gasteiger partial charge on any atom is 0.305 e. The Balaban J connectivity index is 2.94. The molecule has 0 radical (unpaired) electrons. The van der Waals surface area contributed by atoms with Crippen molar-refractivity contribution in [3.8, 4) is 5.75 Å². The fourth-order valence-electron chi connectivity index (χ4n) is 1.62. The summed E-state index contributed by atoms with van der Waals surface area (Å²) in [5.41, 5.74) is -0.422. The van der Waals surface area contributed by atoms with E-state index in [0.717, 1.165) is 0 Å². The summed E-state index contributed by atoms with van der Waals surface area (Å²) >= 11 is 0. The minimum atomic E-state index is -1.07. The molecule has 104 valence electrons. The van der Waals surface area contributed by atoms with Crippen LogP contribution < -0.4 is 0 Å². The molecule has 1 aromatic rings. The van der Waals surface area contributed by atoms with Gasteiger partial charge in [0.15, 0.2) is 5.60 Å². The Hall–Kier alpha value is -2.04. The van der Waals surface area contributed by atoms with E-state index in [1.807, 2.05) is 0 Å². The predicted molar refractivity (Wildman–Crippen MR) is 68.5 cm³/mol. The first-order chi connectivity index (χ1) is 8.87. The van der Waals surface area contributed by atoms with Gasteiger partial charge in [0, 0.05) is 13.3 Å². The minimum absolute atomic E-state index is 0.0654. The molecule has 1 aromatic carbocycles. The van der Waals surface area contributed by atoms with Crippen LogP contribution >= 0.6 is 0 Å². The Morgan fingerprint density at radius 2 is 1.84 bits per heavy atom. The Kier molecular flexibility index (Phi) is 4.92. The quantitative estimate of drug-likeness (QED) is 0.826. The largest absolute Gasteiger partial charge is 0.508 e. The van der Waals surface area contributed by atoms with E-state index >= 15 is 0 Å². The van der Waals surface area contributed by atoms with Crippen LogP contribution in [0.15, 0.2) is 24.3 Å². The number of esters is 2. The third-order valence-electron chi connectivity index (χ3n) is 2.64. The average Bonchev–Trinajstić information content (AvgIpc) is 2.35. The molecule has 0 amide bonds. The van der Waals surface area contributed by atoms with E-state index in [1.54, 1.807) is 26.0 Å². The second kappa shape index (κ2) is 6.22. The normalized spacial score (nSPS) is 13.4. The number of ether oxygens (including phenoxy) is 2. The van der Waals surface area contributed by atoms with Gasteiger partial charge in [-0.15, -0.1) is 0 Å². The maximum absolute atomic E-state index is 11.2. The number of benzene rings is 1. The van der Waals surface area contributed by atoms with E-state index in [9.17, 15) is 14.7 Å². The highest BCUT2D eigenvalue weighted by Crippen LogP contribution is 2.27. The molecule has 1 N–H and O–H groups in total. The van der Waals surface area contributed by atoms with Crippen molar-refractivity contribution in [2.45, 2.75) is 32.8 Å². The first-order valence-corrected chi connectivity index (χ1v) is 6.02. The number of phenols is 1. The summed E-state index contributed by atoms with van der Waals surface area (Å²) in [5.74, 6) is -0.722. The SMILES string of the molecule is CCC(=O)OCC(C)(OC(C)=O)c1ccc(O)cc1. The standard InChI is InChI=1S/C14H18O5/c1-4-13(17)18-9-14(3,19-10(2)15)11-5-7-12(16)8-6-11/h5-8,16H,4,9H2,1-3H3. The average molecular weight is 266 g/mol. The second-order valence-corrected chi connectivity index (χ2v) is 4.39. The van der Waals surface area contributed by atoms with Gasteiger partial charge in [-0.05, 0) is 24.6 Å². The van der Waals surface area contributed by atoms with Gasteiger partial charge in [0.2, 0.25) is 0 Å². The molecular weight excluding hydrogens is 248 g/mol. The number of rotatable bonds is 5. The van der Waals surface area contributed by atoms with Crippen LogP contribution in [-0.2, 0) is 24.7 Å². The van der Waals surface area contributed by atoms with E-state index in [2.05, 4.69) is 0 Å². The molecule has 0 aromatic heterocycles. The van der Waals surface area contributed by atoms with Gasteiger partial charge in [0.25, 0.3) is 0 Å². The Morgan fingerprint density at radius 3 is 2.32 bits per heavy atom. The monoisotopic (exact) mass is 266 g/mol. The number of carbonyl (C=O) groups excluding carboxylic acids is 2. The summed E-state index contributed by atoms with van der Waals surface area (Å²) in [6, 6.07) is 6.22. The summed E-state index contributed by atoms with van der Waals surface area (Å²) in [6.45, 7) is 4.57. The molecule has 1 rings (SSSR count). The summed E-state index contributed by atoms with van der Waals surface area (Å²) in [6.07, 6.45) is 0.256. The zero-order valence-corrected chi connectivity index (χ0v) is 11.3. The second-order valence-electron chi connectivity index (χ2n) is 4.39. The van der Waals surface area contributed by atoms with Gasteiger partial charge in [0.1, 0.15) is 12.4 Å². The van der Waals surface area contributed by atoms with Gasteiger partial charge >= 0.3 is 11.9 Å². The fourth-order valence-corrected chi connectivity index (χ4v) is 1.62. The van der Waals surface area contributed by atoms with E-state index in [4.69, 9.17) is 9.47 Å². The van der Waals surface area contributed by atoms with Gasteiger partial charge < -0.3 is 14.6 Å². The molecule has 19 heavy (non-hydrogen) atoms. The molecule has 0 bridgehead atoms. The smallest absolute Gasteiger partial charge is 0.305 e. The lowest BCUT2D eigenvalue weighted by Gasteiger charge is -2.29. The van der Waals surface area contributed by atoms with Crippen molar-refractivity contribution < 1.29 is 24.2 Å². The lowest BCUT2D eigenvalue weighted by molar-refractivity contribution is -0.170. The van der Waals surface area contributed by atoms with E-state index < -0.39 is 11.6 Å². The van der Waals surface area contributed by atoms with Crippen LogP contribution in [0.4, 0.5) is 0 Å². The highest BCUT2D eigenvalue weighted by atomic mass is 16.6. The van der Waals surface area contributed by atoms with Crippen LogP contribution in [-0.4, -0.2) is 23.7 Å². The first kappa shape index (κ1) is 15.0. The first-order valence-electron chi connectivity index (χ1n) is 6.02. The molecule has 0 saturated heterocycles. The van der Waals surface area contributed by atoms with E-state index in [1.165, 1.54) is 19.1 Å². The molecule has 0 heterocycles. The van der Waals surface area contributed by atoms with Crippen molar-refractivity contribution >= 4 is 11.9 Å². The molecule has 0 aliphatic heterocycles. The molecule has 0 aliphatic rings. The van der Waals surface area contributed by atoms with Crippen molar-refractivity contribution in [2.75, 3.05) is 6.61 Å². The van der Waals surface area contributed by atoms with E-state index in [-0.39, 0.29) is 24.7 Å². The van der Waals surface area contributed by atoms with Crippen molar-refractivity contribution in [2.24, 2.45) is 0 Å². The maximum atomic E-state index is 11.2. The molecule has 1 unspecified atom stereocenters. The van der Waals surface area contributed by atoms with Crippen LogP contribution in [0.3, 0.4) is 0 Å². The summed E-state index contributed by atoms with van der Waals surface area (Å²) < 4.78 is 10.3. The number of phenolic OH excluding ortho intramolecular Hbond substituents is 1. The number of aromatic hydroxyl groups is 1. The van der Waals surface area contributed by atoms with Crippen molar-refractivity contribution in [1.82, 2.24) is 0 Å². The van der Waals surface area contributed by atoms with Crippen LogP contribution in [0.5, 0.6) is 5.75 Å². The van der Waals surface area contributed by atoms with E-state index in [0.29, 0.717) is 5.56 Å². The third-order valence-corrected chi connectivity index (χ3v) is 2.64. The summed E-state index contributed by atoms with van der Waals surface area (Å²) in [4.78, 5) is 22.4. The molecule has 5 heteroatoms. The summed E-state index contributed by atoms with van der Waals surface area (Å²) in [7, 11) is 0. The van der Waals surface area contributed by atoms with Gasteiger partial charge in [-0.25, -0.2) is 0 Å². The topological polar surface area (TPSA) is 72.8 Å². The highest BCUT2D eigenvalue weighted by molar-refractivity contribution is 5.69. The molecule has 5 nitrogen and oxygen atoms in total. The van der Waals surface area contributed by atoms with Crippen LogP contribution in [0.1, 0.15) is 32.8 Å². The molecule has 0 saturated carbocycles. The van der Waals surface area contributed by atoms with Crippen LogP contribution in [0.25, 0.3) is 0 Å². The Labute approximate surface area is 112 Å². The van der Waals surface area contributed by atoms with Crippen molar-refractivity contribution in [1.29, 1.82) is 0 Å². The molecular formula is C14H18O5. The Morgan fingerprint density at radius 1 is 1.26 bits per heavy atom. The van der Waals surface area contributed by atoms with Crippen molar-refractivity contribution in [3.05, 3.63) is 29.8 Å². The number of hydrogen-bond donors (Lipinski definition) is 1. The lowest BCUT2D eigenvalue weighted by atomic mass is 9.96. The molecule has 0 spiro atoms. The lowest BCUT2D eigenvalue weighted by Crippen LogP contribution is -2.34. The number of carbonyl (C=O) groups is 2. The zero-order valence-electron chi connectivity index (χ0n) is 11.3. The van der Waals surface area contributed by atoms with Crippen LogP contribution in [0, 0.1) is 0 Å². The van der Waals surface area contributed by atoms with Gasteiger partial charge in [-0.3, -0.25) is 9.59 Å². The zero-order chi connectivity index (χ0) is 14.5. The minimum Gasteiger partial charge on any atom is -0.508 e. The highest BCUT2D eigenvalue weighted by Gasteiger charge is 2.32.